The molecule has 4 fully saturated rings. The van der Waals surface area contributed by atoms with Gasteiger partial charge in [-0.05, 0) is 41.8 Å². The summed E-state index contributed by atoms with van der Waals surface area (Å²) < 4.78 is 10.7. The number of benzene rings is 2. The Kier molecular flexibility index (Phi) is 6.56. The maximum atomic E-state index is 14.4. The number of nitrogens with zero attached hydrogens (tertiary/aromatic N) is 5. The van der Waals surface area contributed by atoms with E-state index in [4.69, 9.17) is 9.47 Å². The number of para-hydroxylation sites is 1. The van der Waals surface area contributed by atoms with Crippen molar-refractivity contribution >= 4 is 22.8 Å². The quantitative estimate of drug-likeness (QED) is 0.443. The van der Waals surface area contributed by atoms with E-state index in [1.165, 1.54) is 12.0 Å². The van der Waals surface area contributed by atoms with Crippen LogP contribution in [0.25, 0.3) is 10.9 Å². The SMILES string of the molecule is COc1ccc(CN2CC3CC(c4ccnc5ccccc45)N4C(=O)N(CCN5CCOCC5)C(=O)C34C2)cc1O. The lowest BCUT2D eigenvalue weighted by Crippen LogP contribution is -2.51. The fraction of sp³-hybridized carbons (Fsp3) is 0.452. The molecule has 0 radical (unpaired) electrons. The standard InChI is InChI=1S/C31H35N5O5/c1-40-28-7-6-21(16-27(28)37)18-34-19-22-17-26(24-8-9-32-25-5-3-2-4-23(24)25)36-30(39)35(29(38)31(22,36)20-34)11-10-33-12-14-41-15-13-33/h2-9,16,22,26,37H,10-15,17-20H2,1H3. The van der Waals surface area contributed by atoms with Crippen LogP contribution in [0.5, 0.6) is 11.5 Å². The van der Waals surface area contributed by atoms with E-state index >= 15 is 0 Å². The molecule has 1 spiro atoms. The Balaban J connectivity index is 1.21. The number of phenolic OH excluding ortho intramolecular Hbond substituents is 1. The summed E-state index contributed by atoms with van der Waals surface area (Å²) in [6, 6.07) is 15.0. The van der Waals surface area contributed by atoms with Crippen molar-refractivity contribution in [2.75, 3.05) is 59.6 Å². The third kappa shape index (κ3) is 4.24. The monoisotopic (exact) mass is 557 g/mol. The lowest BCUT2D eigenvalue weighted by molar-refractivity contribution is -0.133. The molecule has 1 aromatic heterocycles. The number of ether oxygens (including phenoxy) is 2. The van der Waals surface area contributed by atoms with Crippen molar-refractivity contribution in [3.8, 4) is 11.5 Å². The number of morpholine rings is 1. The van der Waals surface area contributed by atoms with E-state index in [9.17, 15) is 14.7 Å². The van der Waals surface area contributed by atoms with Crippen LogP contribution in [0.15, 0.2) is 54.7 Å². The molecule has 0 bridgehead atoms. The van der Waals surface area contributed by atoms with Gasteiger partial charge in [0.15, 0.2) is 11.5 Å². The van der Waals surface area contributed by atoms with Gasteiger partial charge in [-0.3, -0.25) is 24.5 Å². The number of carbonyl (C=O) groups excluding carboxylic acids is 2. The van der Waals surface area contributed by atoms with Crippen molar-refractivity contribution in [3.63, 3.8) is 0 Å². The van der Waals surface area contributed by atoms with E-state index in [0.717, 1.165) is 35.1 Å². The van der Waals surface area contributed by atoms with Gasteiger partial charge in [-0.15, -0.1) is 0 Å². The van der Waals surface area contributed by atoms with Gasteiger partial charge in [0.2, 0.25) is 0 Å². The Morgan fingerprint density at radius 2 is 1.90 bits per heavy atom. The molecule has 214 valence electrons. The summed E-state index contributed by atoms with van der Waals surface area (Å²) in [6.07, 6.45) is 2.52. The van der Waals surface area contributed by atoms with Gasteiger partial charge in [-0.1, -0.05) is 24.3 Å². The normalized spacial score (nSPS) is 26.7. The van der Waals surface area contributed by atoms with Crippen LogP contribution < -0.4 is 4.74 Å². The van der Waals surface area contributed by atoms with Crippen molar-refractivity contribution < 1.29 is 24.2 Å². The molecule has 10 heteroatoms. The first-order valence-corrected chi connectivity index (χ1v) is 14.4. The summed E-state index contributed by atoms with van der Waals surface area (Å²) in [5.74, 6) is 0.435. The van der Waals surface area contributed by atoms with Gasteiger partial charge in [0.05, 0.1) is 31.9 Å². The number of urea groups is 1. The molecule has 7 rings (SSSR count). The molecule has 3 amide bonds. The first-order chi connectivity index (χ1) is 20.0. The number of phenols is 1. The van der Waals surface area contributed by atoms with Crippen molar-refractivity contribution in [2.45, 2.75) is 24.5 Å². The fourth-order valence-corrected chi connectivity index (χ4v) is 7.44. The van der Waals surface area contributed by atoms with E-state index in [-0.39, 0.29) is 29.6 Å². The molecule has 4 aliphatic rings. The highest BCUT2D eigenvalue weighted by atomic mass is 16.5. The van der Waals surface area contributed by atoms with Gasteiger partial charge >= 0.3 is 6.03 Å². The molecule has 10 nitrogen and oxygen atoms in total. The fourth-order valence-electron chi connectivity index (χ4n) is 7.44. The number of pyridine rings is 1. The molecule has 0 saturated carbocycles. The zero-order valence-corrected chi connectivity index (χ0v) is 23.2. The summed E-state index contributed by atoms with van der Waals surface area (Å²) >= 11 is 0. The van der Waals surface area contributed by atoms with Gasteiger partial charge < -0.3 is 19.5 Å². The highest BCUT2D eigenvalue weighted by Gasteiger charge is 2.70. The summed E-state index contributed by atoms with van der Waals surface area (Å²) in [4.78, 5) is 41.0. The Morgan fingerprint density at radius 1 is 1.07 bits per heavy atom. The van der Waals surface area contributed by atoms with Crippen LogP contribution in [0.2, 0.25) is 0 Å². The first-order valence-electron chi connectivity index (χ1n) is 14.4. The second-order valence-electron chi connectivity index (χ2n) is 11.5. The highest BCUT2D eigenvalue weighted by Crippen LogP contribution is 2.55. The Labute approximate surface area is 239 Å². The van der Waals surface area contributed by atoms with E-state index in [1.54, 1.807) is 18.3 Å². The number of hydrogen-bond acceptors (Lipinski definition) is 8. The lowest BCUT2D eigenvalue weighted by atomic mass is 9.87. The molecular weight excluding hydrogens is 522 g/mol. The zero-order chi connectivity index (χ0) is 28.1. The number of carbonyl (C=O) groups is 2. The molecule has 1 N–H and O–H groups in total. The summed E-state index contributed by atoms with van der Waals surface area (Å²) in [7, 11) is 1.53. The minimum Gasteiger partial charge on any atom is -0.504 e. The maximum absolute atomic E-state index is 14.4. The number of aromatic hydroxyl groups is 1. The van der Waals surface area contributed by atoms with Crippen LogP contribution in [0, 0.1) is 5.92 Å². The Hall–Kier alpha value is -3.73. The molecule has 3 aromatic rings. The van der Waals surface area contributed by atoms with Crippen LogP contribution in [-0.2, 0) is 16.1 Å². The number of methoxy groups -OCH3 is 1. The summed E-state index contributed by atoms with van der Waals surface area (Å²) in [5.41, 5.74) is 1.96. The Bertz CT molecular complexity index is 1490. The van der Waals surface area contributed by atoms with Gasteiger partial charge in [0.1, 0.15) is 5.54 Å². The molecule has 3 unspecified atom stereocenters. The van der Waals surface area contributed by atoms with Gasteiger partial charge in [-0.2, -0.15) is 0 Å². The van der Waals surface area contributed by atoms with Gasteiger partial charge in [0, 0.05) is 63.3 Å². The number of likely N-dealkylation sites (tertiary alicyclic amines) is 1. The lowest BCUT2D eigenvalue weighted by Gasteiger charge is -2.32. The number of imide groups is 1. The molecule has 2 aromatic carbocycles. The number of hydrogen-bond donors (Lipinski definition) is 1. The molecule has 3 atom stereocenters. The van der Waals surface area contributed by atoms with E-state index in [1.807, 2.05) is 35.2 Å². The average molecular weight is 558 g/mol. The first kappa shape index (κ1) is 26.2. The average Bonchev–Trinajstić information content (AvgIpc) is 3.56. The smallest absolute Gasteiger partial charge is 0.328 e. The number of fused-ring (bicyclic) bond motifs is 1. The van der Waals surface area contributed by atoms with Crippen LogP contribution in [0.3, 0.4) is 0 Å². The minimum atomic E-state index is -0.911. The predicted octanol–water partition coefficient (Wildman–Crippen LogP) is 2.86. The molecule has 5 heterocycles. The maximum Gasteiger partial charge on any atom is 0.328 e. The second kappa shape index (κ2) is 10.3. The van der Waals surface area contributed by atoms with E-state index in [2.05, 4.69) is 20.9 Å². The molecular formula is C31H35N5O5. The van der Waals surface area contributed by atoms with Crippen LogP contribution in [-0.4, -0.2) is 107 Å². The largest absolute Gasteiger partial charge is 0.504 e. The summed E-state index contributed by atoms with van der Waals surface area (Å²) in [6.45, 7) is 5.71. The van der Waals surface area contributed by atoms with Crippen molar-refractivity contribution in [1.82, 2.24) is 24.6 Å². The molecule has 0 aliphatic carbocycles. The molecule has 41 heavy (non-hydrogen) atoms. The molecule has 4 aliphatic heterocycles. The van der Waals surface area contributed by atoms with Crippen molar-refractivity contribution in [1.29, 1.82) is 0 Å². The van der Waals surface area contributed by atoms with Gasteiger partial charge in [-0.25, -0.2) is 4.79 Å². The van der Waals surface area contributed by atoms with Crippen LogP contribution >= 0.6 is 0 Å². The summed E-state index contributed by atoms with van der Waals surface area (Å²) in [5, 5.41) is 11.3. The van der Waals surface area contributed by atoms with E-state index in [0.29, 0.717) is 58.1 Å². The van der Waals surface area contributed by atoms with Crippen molar-refractivity contribution in [3.05, 3.63) is 65.9 Å². The third-order valence-corrected chi connectivity index (χ3v) is 9.36. The van der Waals surface area contributed by atoms with Crippen LogP contribution in [0.1, 0.15) is 23.6 Å². The topological polar surface area (TPSA) is 98.7 Å². The second-order valence-corrected chi connectivity index (χ2v) is 11.5. The highest BCUT2D eigenvalue weighted by molar-refractivity contribution is 6.08. The number of rotatable bonds is 7. The Morgan fingerprint density at radius 3 is 2.71 bits per heavy atom. The third-order valence-electron chi connectivity index (χ3n) is 9.36. The van der Waals surface area contributed by atoms with Gasteiger partial charge in [0.25, 0.3) is 5.91 Å². The molecule has 4 saturated heterocycles. The minimum absolute atomic E-state index is 0.00360. The number of amides is 3. The van der Waals surface area contributed by atoms with Crippen LogP contribution in [0.4, 0.5) is 4.79 Å². The van der Waals surface area contributed by atoms with E-state index < -0.39 is 5.54 Å². The van der Waals surface area contributed by atoms with Crippen molar-refractivity contribution in [2.24, 2.45) is 5.92 Å². The zero-order valence-electron chi connectivity index (χ0n) is 23.2. The predicted molar refractivity (Wildman–Crippen MR) is 151 cm³/mol. The number of aromatic nitrogens is 1.